The van der Waals surface area contributed by atoms with E-state index in [9.17, 15) is 21.6 Å². The highest BCUT2D eigenvalue weighted by Gasteiger charge is 2.47. The first kappa shape index (κ1) is 22.1. The van der Waals surface area contributed by atoms with Gasteiger partial charge in [0.2, 0.25) is 0 Å². The number of alkyl halides is 3. The lowest BCUT2D eigenvalue weighted by Gasteiger charge is -2.33. The molecule has 0 bridgehead atoms. The van der Waals surface area contributed by atoms with Gasteiger partial charge in [0, 0.05) is 24.2 Å². The van der Waals surface area contributed by atoms with Crippen LogP contribution in [0.1, 0.15) is 31.9 Å². The highest BCUT2D eigenvalue weighted by Crippen LogP contribution is 2.42. The van der Waals surface area contributed by atoms with E-state index >= 15 is 0 Å². The van der Waals surface area contributed by atoms with Crippen molar-refractivity contribution in [2.24, 2.45) is 15.7 Å². The quantitative estimate of drug-likeness (QED) is 0.627. The minimum absolute atomic E-state index is 0.168. The van der Waals surface area contributed by atoms with Gasteiger partial charge in [-0.2, -0.15) is 21.6 Å². The lowest BCUT2D eigenvalue weighted by Crippen LogP contribution is -2.39. The van der Waals surface area contributed by atoms with Crippen molar-refractivity contribution in [3.8, 4) is 0 Å². The van der Waals surface area contributed by atoms with Crippen LogP contribution in [0.25, 0.3) is 5.57 Å². The van der Waals surface area contributed by atoms with E-state index in [0.29, 0.717) is 5.69 Å². The first-order valence-electron chi connectivity index (χ1n) is 9.34. The normalized spacial score (nSPS) is 19.3. The molecule has 1 heterocycles. The summed E-state index contributed by atoms with van der Waals surface area (Å²) < 4.78 is 66.7. The maximum atomic E-state index is 13.1. The zero-order valence-electron chi connectivity index (χ0n) is 17.1. The number of halogens is 3. The molecule has 0 fully saturated rings. The van der Waals surface area contributed by atoms with Gasteiger partial charge in [0.15, 0.2) is 0 Å². The van der Waals surface area contributed by atoms with E-state index in [0.717, 1.165) is 16.7 Å². The number of hydrogen-bond donors (Lipinski definition) is 0. The molecule has 0 radical (unpaired) electrons. The molecule has 160 valence electrons. The summed E-state index contributed by atoms with van der Waals surface area (Å²) in [6.07, 6.45) is 1.82. The molecule has 8 heteroatoms. The fourth-order valence-electron chi connectivity index (χ4n) is 3.46. The van der Waals surface area contributed by atoms with Gasteiger partial charge in [0.1, 0.15) is 5.84 Å². The third-order valence-electron chi connectivity index (χ3n) is 5.03. The van der Waals surface area contributed by atoms with E-state index in [1.807, 2.05) is 69.3 Å². The average molecular weight is 436 g/mol. The van der Waals surface area contributed by atoms with Crippen LogP contribution in [0, 0.1) is 11.3 Å². The Morgan fingerprint density at radius 2 is 1.50 bits per heavy atom. The second-order valence-corrected chi connectivity index (χ2v) is 9.83. The Morgan fingerprint density at radius 3 is 2.07 bits per heavy atom. The van der Waals surface area contributed by atoms with Gasteiger partial charge in [-0.05, 0) is 22.6 Å². The van der Waals surface area contributed by atoms with Crippen LogP contribution in [0.2, 0.25) is 0 Å². The van der Waals surface area contributed by atoms with Crippen LogP contribution in [0.15, 0.2) is 65.1 Å². The number of benzene rings is 2. The summed E-state index contributed by atoms with van der Waals surface area (Å²) in [6, 6.07) is 16.7. The van der Waals surface area contributed by atoms with Crippen LogP contribution in [0.3, 0.4) is 0 Å². The maximum absolute atomic E-state index is 13.1. The Bertz CT molecular complexity index is 1100. The zero-order valence-corrected chi connectivity index (χ0v) is 17.9. The molecule has 2 aromatic carbocycles. The van der Waals surface area contributed by atoms with Crippen LogP contribution in [-0.4, -0.2) is 26.8 Å². The minimum atomic E-state index is -5.71. The molecule has 0 saturated heterocycles. The van der Waals surface area contributed by atoms with Crippen molar-refractivity contribution in [1.82, 2.24) is 0 Å². The molecule has 0 amide bonds. The molecule has 0 saturated carbocycles. The number of amidine groups is 1. The Kier molecular flexibility index (Phi) is 5.58. The first-order valence-corrected chi connectivity index (χ1v) is 10.8. The Morgan fingerprint density at radius 1 is 0.933 bits per heavy atom. The van der Waals surface area contributed by atoms with Crippen LogP contribution in [0.5, 0.6) is 0 Å². The van der Waals surface area contributed by atoms with Crippen molar-refractivity contribution in [3.05, 3.63) is 71.8 Å². The number of para-hydroxylation sites is 1. The summed E-state index contributed by atoms with van der Waals surface area (Å²) in [6.45, 7) is 5.53. The largest absolute Gasteiger partial charge is 0.518 e. The Labute approximate surface area is 174 Å². The van der Waals surface area contributed by atoms with Crippen LogP contribution in [-0.2, 0) is 10.0 Å². The van der Waals surface area contributed by atoms with E-state index in [4.69, 9.17) is 0 Å². The lowest BCUT2D eigenvalue weighted by atomic mass is 9.78. The molecule has 0 aliphatic carbocycles. The summed E-state index contributed by atoms with van der Waals surface area (Å²) in [5.41, 5.74) is -3.01. The van der Waals surface area contributed by atoms with Crippen molar-refractivity contribution in [3.63, 3.8) is 0 Å². The fourth-order valence-corrected chi connectivity index (χ4v) is 4.04. The standard InChI is InChI=1S/C22H23F3N2O2S/c1-21(2,3)18-14-17(15-10-6-5-7-11-15)16-12-8-9-13-19(16)27(4)20(18)26-30(28,29)22(23,24)25/h5-14,18H,1-4H3/b26-20-. The molecule has 0 spiro atoms. The van der Waals surface area contributed by atoms with Crippen molar-refractivity contribution in [2.75, 3.05) is 11.9 Å². The molecule has 1 unspecified atom stereocenters. The monoisotopic (exact) mass is 436 g/mol. The first-order chi connectivity index (χ1) is 13.8. The van der Waals surface area contributed by atoms with Gasteiger partial charge < -0.3 is 4.90 Å². The molecule has 1 aliphatic rings. The zero-order chi connectivity index (χ0) is 22.3. The number of rotatable bonds is 2. The number of anilines is 1. The van der Waals surface area contributed by atoms with E-state index in [1.54, 1.807) is 19.2 Å². The molecule has 4 nitrogen and oxygen atoms in total. The highest BCUT2D eigenvalue weighted by molar-refractivity contribution is 7.91. The summed E-state index contributed by atoms with van der Waals surface area (Å²) in [5, 5.41) is 0. The average Bonchev–Trinajstić information content (AvgIpc) is 2.77. The van der Waals surface area contributed by atoms with Crippen molar-refractivity contribution in [2.45, 2.75) is 26.3 Å². The van der Waals surface area contributed by atoms with Gasteiger partial charge in [0.05, 0.1) is 0 Å². The van der Waals surface area contributed by atoms with Gasteiger partial charge in [-0.3, -0.25) is 0 Å². The van der Waals surface area contributed by atoms with E-state index in [1.165, 1.54) is 4.90 Å². The van der Waals surface area contributed by atoms with Crippen molar-refractivity contribution < 1.29 is 21.6 Å². The van der Waals surface area contributed by atoms with Gasteiger partial charge in [0.25, 0.3) is 0 Å². The van der Waals surface area contributed by atoms with E-state index in [2.05, 4.69) is 4.40 Å². The summed E-state index contributed by atoms with van der Waals surface area (Å²) in [4.78, 5) is 1.45. The summed E-state index contributed by atoms with van der Waals surface area (Å²) >= 11 is 0. The topological polar surface area (TPSA) is 49.7 Å². The minimum Gasteiger partial charge on any atom is -0.331 e. The predicted molar refractivity (Wildman–Crippen MR) is 114 cm³/mol. The third-order valence-corrected chi connectivity index (χ3v) is 6.05. The van der Waals surface area contributed by atoms with Crippen molar-refractivity contribution in [1.29, 1.82) is 0 Å². The van der Waals surface area contributed by atoms with Gasteiger partial charge in [-0.15, -0.1) is 4.40 Å². The number of sulfonamides is 1. The maximum Gasteiger partial charge on any atom is 0.518 e. The second-order valence-electron chi connectivity index (χ2n) is 8.24. The van der Waals surface area contributed by atoms with Crippen LogP contribution in [0.4, 0.5) is 18.9 Å². The highest BCUT2D eigenvalue weighted by atomic mass is 32.2. The van der Waals surface area contributed by atoms with Gasteiger partial charge in [-0.1, -0.05) is 75.4 Å². The third kappa shape index (κ3) is 4.14. The van der Waals surface area contributed by atoms with Crippen molar-refractivity contribution >= 4 is 27.1 Å². The molecule has 0 N–H and O–H groups in total. The smallest absolute Gasteiger partial charge is 0.331 e. The second kappa shape index (κ2) is 7.58. The number of hydrogen-bond acceptors (Lipinski definition) is 2. The van der Waals surface area contributed by atoms with Crippen LogP contribution < -0.4 is 4.90 Å². The lowest BCUT2D eigenvalue weighted by molar-refractivity contribution is -0.0435. The van der Waals surface area contributed by atoms with Crippen LogP contribution >= 0.6 is 0 Å². The van der Waals surface area contributed by atoms with E-state index in [-0.39, 0.29) is 5.84 Å². The molecular weight excluding hydrogens is 413 g/mol. The number of fused-ring (bicyclic) bond motifs is 1. The molecular formula is C22H23F3N2O2S. The molecule has 1 aliphatic heterocycles. The van der Waals surface area contributed by atoms with Gasteiger partial charge >= 0.3 is 15.5 Å². The van der Waals surface area contributed by atoms with Gasteiger partial charge in [-0.25, -0.2) is 0 Å². The molecule has 30 heavy (non-hydrogen) atoms. The molecule has 0 aromatic heterocycles. The molecule has 1 atom stereocenters. The molecule has 3 rings (SSSR count). The molecule has 2 aromatic rings. The Hall–Kier alpha value is -2.61. The predicted octanol–water partition coefficient (Wildman–Crippen LogP) is 5.48. The fraction of sp³-hybridized carbons (Fsp3) is 0.318. The summed E-state index contributed by atoms with van der Waals surface area (Å²) in [7, 11) is -4.16. The SMILES string of the molecule is CN1/C(=N\S(=O)(=O)C(F)(F)F)C(C(C)(C)C)C=C(c2ccccc2)c2ccccc21. The van der Waals surface area contributed by atoms with E-state index < -0.39 is 26.9 Å². The summed E-state index contributed by atoms with van der Waals surface area (Å²) in [5.74, 6) is -0.861. The number of nitrogens with zero attached hydrogens (tertiary/aromatic N) is 2. The Balaban J connectivity index is 2.37.